The van der Waals surface area contributed by atoms with E-state index in [-0.39, 0.29) is 11.8 Å². The molecule has 6 heteroatoms. The molecule has 2 rings (SSSR count). The van der Waals surface area contributed by atoms with Gasteiger partial charge in [-0.15, -0.1) is 0 Å². The lowest BCUT2D eigenvalue weighted by Gasteiger charge is -2.02. The van der Waals surface area contributed by atoms with Gasteiger partial charge in [-0.2, -0.15) is 0 Å². The Morgan fingerprint density at radius 3 is 2.86 bits per heavy atom. The van der Waals surface area contributed by atoms with Crippen LogP contribution in [-0.2, 0) is 16.1 Å². The Bertz CT molecular complexity index is 581. The van der Waals surface area contributed by atoms with Crippen LogP contribution >= 0.6 is 0 Å². The molecule has 0 bridgehead atoms. The molecule has 0 radical (unpaired) electrons. The summed E-state index contributed by atoms with van der Waals surface area (Å²) in [6.07, 6.45) is 1.85. The van der Waals surface area contributed by atoms with Crippen LogP contribution in [0, 0.1) is 5.82 Å². The Kier molecular flexibility index (Phi) is 5.45. The van der Waals surface area contributed by atoms with E-state index < -0.39 is 0 Å². The van der Waals surface area contributed by atoms with E-state index in [9.17, 15) is 9.18 Å². The molecule has 0 unspecified atom stereocenters. The molecule has 0 saturated heterocycles. The molecule has 0 aliphatic heterocycles. The number of carbonyl (C=O) groups excluding carboxylic acids is 1. The molecule has 21 heavy (non-hydrogen) atoms. The summed E-state index contributed by atoms with van der Waals surface area (Å²) in [5.41, 5.74) is 1.44. The van der Waals surface area contributed by atoms with Gasteiger partial charge in [0.2, 0.25) is 5.89 Å². The second-order valence-electron chi connectivity index (χ2n) is 4.38. The van der Waals surface area contributed by atoms with Crippen LogP contribution in [0.3, 0.4) is 0 Å². The zero-order valence-electron chi connectivity index (χ0n) is 11.8. The van der Waals surface area contributed by atoms with Crippen LogP contribution in [0.15, 0.2) is 34.9 Å². The number of halogens is 1. The van der Waals surface area contributed by atoms with Crippen molar-refractivity contribution in [2.45, 2.75) is 19.9 Å². The molecule has 2 aromatic rings. The summed E-state index contributed by atoms with van der Waals surface area (Å²) in [6.45, 7) is 3.17. The predicted octanol–water partition coefficient (Wildman–Crippen LogP) is 2.52. The highest BCUT2D eigenvalue weighted by molar-refractivity contribution is 5.69. The number of carbonyl (C=O) groups is 1. The summed E-state index contributed by atoms with van der Waals surface area (Å²) in [5, 5.41) is 3.08. The van der Waals surface area contributed by atoms with Crippen molar-refractivity contribution < 1.29 is 18.3 Å². The largest absolute Gasteiger partial charge is 0.466 e. The maximum absolute atomic E-state index is 12.8. The minimum absolute atomic E-state index is 0.225. The Hall–Kier alpha value is -2.21. The Morgan fingerprint density at radius 1 is 1.38 bits per heavy atom. The number of nitrogens with one attached hydrogen (secondary N) is 1. The number of rotatable bonds is 7. The van der Waals surface area contributed by atoms with Crippen LogP contribution in [0.4, 0.5) is 4.39 Å². The van der Waals surface area contributed by atoms with Gasteiger partial charge < -0.3 is 14.5 Å². The molecule has 0 aliphatic rings. The first-order valence-corrected chi connectivity index (χ1v) is 6.75. The summed E-state index contributed by atoms with van der Waals surface area (Å²) < 4.78 is 23.0. The summed E-state index contributed by atoms with van der Waals surface area (Å²) in [7, 11) is 0. The maximum atomic E-state index is 12.8. The van der Waals surface area contributed by atoms with E-state index >= 15 is 0 Å². The molecule has 1 aromatic carbocycles. The van der Waals surface area contributed by atoms with E-state index in [4.69, 9.17) is 9.15 Å². The first kappa shape index (κ1) is 15.2. The van der Waals surface area contributed by atoms with Gasteiger partial charge in [-0.05, 0) is 31.2 Å². The fourth-order valence-electron chi connectivity index (χ4n) is 1.75. The van der Waals surface area contributed by atoms with Gasteiger partial charge in [-0.3, -0.25) is 4.79 Å². The van der Waals surface area contributed by atoms with Gasteiger partial charge in [0.15, 0.2) is 0 Å². The molecule has 1 N–H and O–H groups in total. The van der Waals surface area contributed by atoms with Gasteiger partial charge in [0.25, 0.3) is 0 Å². The summed E-state index contributed by atoms with van der Waals surface area (Å²) in [4.78, 5) is 15.4. The second-order valence-corrected chi connectivity index (χ2v) is 4.38. The lowest BCUT2D eigenvalue weighted by atomic mass is 10.2. The summed E-state index contributed by atoms with van der Waals surface area (Å²) in [5.74, 6) is -0.0829. The molecule has 0 spiro atoms. The van der Waals surface area contributed by atoms with Crippen molar-refractivity contribution in [2.75, 3.05) is 13.2 Å². The maximum Gasteiger partial charge on any atom is 0.307 e. The van der Waals surface area contributed by atoms with Gasteiger partial charge in [-0.25, -0.2) is 9.37 Å². The van der Waals surface area contributed by atoms with Crippen molar-refractivity contribution in [3.63, 3.8) is 0 Å². The van der Waals surface area contributed by atoms with E-state index in [0.29, 0.717) is 37.6 Å². The lowest BCUT2D eigenvalue weighted by Crippen LogP contribution is -2.19. The highest BCUT2D eigenvalue weighted by atomic mass is 19.1. The van der Waals surface area contributed by atoms with Crippen LogP contribution in [0.1, 0.15) is 19.0 Å². The molecule has 1 aromatic heterocycles. The molecular formula is C15H17FN2O3. The Balaban J connectivity index is 1.81. The van der Waals surface area contributed by atoms with Crippen LogP contribution in [0.2, 0.25) is 0 Å². The molecule has 0 saturated carbocycles. The Labute approximate surface area is 122 Å². The van der Waals surface area contributed by atoms with Crippen molar-refractivity contribution in [1.82, 2.24) is 10.3 Å². The van der Waals surface area contributed by atoms with Gasteiger partial charge in [0, 0.05) is 18.7 Å². The van der Waals surface area contributed by atoms with Crippen molar-refractivity contribution in [3.05, 3.63) is 42.0 Å². The number of ether oxygens (including phenoxy) is 1. The van der Waals surface area contributed by atoms with E-state index in [0.717, 1.165) is 5.69 Å². The van der Waals surface area contributed by atoms with E-state index in [2.05, 4.69) is 10.3 Å². The molecule has 0 fully saturated rings. The topological polar surface area (TPSA) is 64.4 Å². The first-order valence-electron chi connectivity index (χ1n) is 6.75. The number of hydrogen-bond acceptors (Lipinski definition) is 5. The van der Waals surface area contributed by atoms with Crippen molar-refractivity contribution in [2.24, 2.45) is 0 Å². The Morgan fingerprint density at radius 2 is 2.14 bits per heavy atom. The van der Waals surface area contributed by atoms with Crippen molar-refractivity contribution in [1.29, 1.82) is 0 Å². The quantitative estimate of drug-likeness (QED) is 0.627. The number of esters is 1. The van der Waals surface area contributed by atoms with Gasteiger partial charge in [0.05, 0.1) is 18.7 Å². The summed E-state index contributed by atoms with van der Waals surface area (Å²) >= 11 is 0. The number of oxazole rings is 1. The molecule has 1 heterocycles. The fraction of sp³-hybridized carbons (Fsp3) is 0.333. The average Bonchev–Trinajstić information content (AvgIpc) is 2.93. The van der Waals surface area contributed by atoms with Crippen LogP contribution in [0.25, 0.3) is 11.5 Å². The number of aromatic nitrogens is 1. The predicted molar refractivity (Wildman–Crippen MR) is 74.9 cm³/mol. The van der Waals surface area contributed by atoms with Gasteiger partial charge >= 0.3 is 5.97 Å². The van der Waals surface area contributed by atoms with Crippen LogP contribution in [0.5, 0.6) is 0 Å². The van der Waals surface area contributed by atoms with E-state index in [1.54, 1.807) is 19.1 Å². The zero-order valence-corrected chi connectivity index (χ0v) is 11.8. The average molecular weight is 292 g/mol. The summed E-state index contributed by atoms with van der Waals surface area (Å²) in [6, 6.07) is 5.94. The highest BCUT2D eigenvalue weighted by Crippen LogP contribution is 2.18. The third-order valence-electron chi connectivity index (χ3n) is 2.76. The fourth-order valence-corrected chi connectivity index (χ4v) is 1.75. The number of nitrogens with zero attached hydrogens (tertiary/aromatic N) is 1. The molecule has 5 nitrogen and oxygen atoms in total. The molecule has 0 amide bonds. The monoisotopic (exact) mass is 292 g/mol. The van der Waals surface area contributed by atoms with E-state index in [1.165, 1.54) is 18.4 Å². The molecule has 112 valence electrons. The SMILES string of the molecule is CCOC(=O)CCNCc1coc(-c2ccc(F)cc2)n1. The van der Waals surface area contributed by atoms with Crippen LogP contribution < -0.4 is 5.32 Å². The van der Waals surface area contributed by atoms with Crippen molar-refractivity contribution in [3.8, 4) is 11.5 Å². The molecular weight excluding hydrogens is 275 g/mol. The van der Waals surface area contributed by atoms with Gasteiger partial charge in [-0.1, -0.05) is 0 Å². The normalized spacial score (nSPS) is 10.6. The molecule has 0 atom stereocenters. The van der Waals surface area contributed by atoms with Gasteiger partial charge in [0.1, 0.15) is 12.1 Å². The van der Waals surface area contributed by atoms with Crippen molar-refractivity contribution >= 4 is 5.97 Å². The standard InChI is InChI=1S/C15H17FN2O3/c1-2-20-14(19)7-8-17-9-13-10-21-15(18-13)11-3-5-12(16)6-4-11/h3-6,10,17H,2,7-9H2,1H3. The minimum atomic E-state index is -0.300. The zero-order chi connectivity index (χ0) is 15.1. The third kappa shape index (κ3) is 4.68. The highest BCUT2D eigenvalue weighted by Gasteiger charge is 2.07. The molecule has 0 aliphatic carbocycles. The third-order valence-corrected chi connectivity index (χ3v) is 2.76. The van der Waals surface area contributed by atoms with E-state index in [1.807, 2.05) is 0 Å². The smallest absolute Gasteiger partial charge is 0.307 e. The lowest BCUT2D eigenvalue weighted by molar-refractivity contribution is -0.142. The number of hydrogen-bond donors (Lipinski definition) is 1. The number of benzene rings is 1. The van der Waals surface area contributed by atoms with Crippen LogP contribution in [-0.4, -0.2) is 24.1 Å². The first-order chi connectivity index (χ1) is 10.2. The second kappa shape index (κ2) is 7.54. The minimum Gasteiger partial charge on any atom is -0.466 e.